The van der Waals surface area contributed by atoms with E-state index >= 15 is 0 Å². The van der Waals surface area contributed by atoms with Crippen molar-refractivity contribution in [1.29, 1.82) is 0 Å². The first kappa shape index (κ1) is 71.8. The Morgan fingerprint density at radius 3 is 1.05 bits per heavy atom. The highest BCUT2D eigenvalue weighted by Gasteiger charge is 2.20. The first-order valence-electron chi connectivity index (χ1n) is 32.9. The van der Waals surface area contributed by atoms with Gasteiger partial charge in [0.05, 0.1) is 25.4 Å². The van der Waals surface area contributed by atoms with Crippen LogP contribution < -0.4 is 5.32 Å². The lowest BCUT2D eigenvalue weighted by Gasteiger charge is -2.22. The average molecular weight is 1040 g/mol. The maximum atomic E-state index is 12.4. The lowest BCUT2D eigenvalue weighted by atomic mass is 10.0. The van der Waals surface area contributed by atoms with Crippen LogP contribution in [0.3, 0.4) is 0 Å². The Bertz CT molecular complexity index is 1240. The van der Waals surface area contributed by atoms with E-state index in [1.165, 1.54) is 257 Å². The molecule has 1 amide bonds. The number of amides is 1. The summed E-state index contributed by atoms with van der Waals surface area (Å²) >= 11 is 0. The molecule has 74 heavy (non-hydrogen) atoms. The molecule has 2 atom stereocenters. The number of hydrogen-bond acceptors (Lipinski definition) is 5. The van der Waals surface area contributed by atoms with Crippen molar-refractivity contribution in [3.05, 3.63) is 48.6 Å². The van der Waals surface area contributed by atoms with Crippen LogP contribution in [0.4, 0.5) is 0 Å². The molecule has 0 aliphatic heterocycles. The molecular formula is C68H127NO5. The number of carbonyl (C=O) groups is 2. The standard InChI is InChI=1S/C68H127NO5/c1-3-5-7-9-11-13-14-15-16-32-36-39-42-46-50-54-58-62-68(73)74-63-59-55-51-47-43-40-37-34-31-29-27-25-23-21-19-17-18-20-22-24-26-28-30-33-35-38-41-45-49-53-57-61-67(72)69-65(64-70)66(71)60-56-52-48-44-12-10-8-6-4-2/h11,13,15-16,19,21,25,27,65-66,70-71H,3-10,12,14,17-18,20,22-24,26,28-64H2,1-2H3,(H,69,72)/b13-11-,16-15-,21-19-,27-25-. The van der Waals surface area contributed by atoms with Crippen LogP contribution in [0.2, 0.25) is 0 Å². The third-order valence-corrected chi connectivity index (χ3v) is 15.1. The van der Waals surface area contributed by atoms with Crippen LogP contribution >= 0.6 is 0 Å². The zero-order valence-corrected chi connectivity index (χ0v) is 49.6. The fraction of sp³-hybridized carbons (Fsp3) is 0.853. The largest absolute Gasteiger partial charge is 0.466 e. The molecular weight excluding hydrogens is 911 g/mol. The van der Waals surface area contributed by atoms with Crippen LogP contribution in [0.1, 0.15) is 348 Å². The number of carbonyl (C=O) groups excluding carboxylic acids is 2. The maximum absolute atomic E-state index is 12.4. The predicted octanol–water partition coefficient (Wildman–Crippen LogP) is 20.9. The molecule has 0 radical (unpaired) electrons. The van der Waals surface area contributed by atoms with Gasteiger partial charge in [-0.05, 0) is 89.9 Å². The molecule has 0 aromatic rings. The van der Waals surface area contributed by atoms with Gasteiger partial charge >= 0.3 is 5.97 Å². The second-order valence-corrected chi connectivity index (χ2v) is 22.4. The lowest BCUT2D eigenvalue weighted by molar-refractivity contribution is -0.143. The van der Waals surface area contributed by atoms with E-state index in [1.807, 2.05) is 0 Å². The topological polar surface area (TPSA) is 95.9 Å². The molecule has 0 fully saturated rings. The molecule has 0 heterocycles. The lowest BCUT2D eigenvalue weighted by Crippen LogP contribution is -2.45. The Kier molecular flexibility index (Phi) is 61.5. The summed E-state index contributed by atoms with van der Waals surface area (Å²) in [7, 11) is 0. The quantitative estimate of drug-likeness (QED) is 0.0320. The van der Waals surface area contributed by atoms with E-state index in [0.717, 1.165) is 57.8 Å². The first-order valence-corrected chi connectivity index (χ1v) is 32.9. The molecule has 0 aromatic heterocycles. The van der Waals surface area contributed by atoms with E-state index in [4.69, 9.17) is 4.74 Å². The molecule has 434 valence electrons. The molecule has 0 spiro atoms. The predicted molar refractivity (Wildman–Crippen MR) is 324 cm³/mol. The minimum absolute atomic E-state index is 0.00517. The van der Waals surface area contributed by atoms with Crippen molar-refractivity contribution >= 4 is 11.9 Å². The smallest absolute Gasteiger partial charge is 0.305 e. The summed E-state index contributed by atoms with van der Waals surface area (Å²) in [5.74, 6) is -0.0311. The molecule has 0 saturated heterocycles. The fourth-order valence-corrected chi connectivity index (χ4v) is 10.1. The van der Waals surface area contributed by atoms with Crippen LogP contribution in [-0.4, -0.2) is 47.4 Å². The second-order valence-electron chi connectivity index (χ2n) is 22.4. The van der Waals surface area contributed by atoms with Crippen molar-refractivity contribution in [3.8, 4) is 0 Å². The van der Waals surface area contributed by atoms with Crippen molar-refractivity contribution in [3.63, 3.8) is 0 Å². The summed E-state index contributed by atoms with van der Waals surface area (Å²) in [6.45, 7) is 4.91. The fourth-order valence-electron chi connectivity index (χ4n) is 10.1. The van der Waals surface area contributed by atoms with E-state index in [9.17, 15) is 19.8 Å². The molecule has 3 N–H and O–H groups in total. The van der Waals surface area contributed by atoms with Gasteiger partial charge in [0.2, 0.25) is 5.91 Å². The van der Waals surface area contributed by atoms with Crippen LogP contribution in [0.25, 0.3) is 0 Å². The van der Waals surface area contributed by atoms with Crippen LogP contribution in [-0.2, 0) is 14.3 Å². The second kappa shape index (κ2) is 63.4. The van der Waals surface area contributed by atoms with Crippen molar-refractivity contribution in [2.75, 3.05) is 13.2 Å². The van der Waals surface area contributed by atoms with E-state index < -0.39 is 12.1 Å². The molecule has 0 saturated carbocycles. The van der Waals surface area contributed by atoms with Gasteiger partial charge in [0.1, 0.15) is 0 Å². The summed E-state index contributed by atoms with van der Waals surface area (Å²) < 4.78 is 5.49. The Hall–Kier alpha value is -2.18. The summed E-state index contributed by atoms with van der Waals surface area (Å²) in [6.07, 6.45) is 81.5. The summed E-state index contributed by atoms with van der Waals surface area (Å²) in [4.78, 5) is 24.5. The van der Waals surface area contributed by atoms with Crippen molar-refractivity contribution in [1.82, 2.24) is 5.32 Å². The zero-order valence-electron chi connectivity index (χ0n) is 49.6. The minimum Gasteiger partial charge on any atom is -0.466 e. The van der Waals surface area contributed by atoms with E-state index in [2.05, 4.69) is 67.8 Å². The number of esters is 1. The Labute approximate surface area is 461 Å². The van der Waals surface area contributed by atoms with Gasteiger partial charge in [-0.3, -0.25) is 9.59 Å². The highest BCUT2D eigenvalue weighted by Crippen LogP contribution is 2.17. The SMILES string of the molecule is CCCCC/C=C\C/C=C\CCCCCCCCCC(=O)OCCCCCCCCCCC/C=C\C/C=C\CCCCCCCCCCCCCCCCCC(=O)NC(CO)C(O)CCCCCCCCCCC. The zero-order chi connectivity index (χ0) is 53.6. The van der Waals surface area contributed by atoms with Crippen LogP contribution in [0.15, 0.2) is 48.6 Å². The van der Waals surface area contributed by atoms with Crippen molar-refractivity contribution < 1.29 is 24.5 Å². The monoisotopic (exact) mass is 1040 g/mol. The van der Waals surface area contributed by atoms with Gasteiger partial charge in [-0.2, -0.15) is 0 Å². The first-order chi connectivity index (χ1) is 36.5. The Balaban J connectivity index is 3.37. The highest BCUT2D eigenvalue weighted by atomic mass is 16.5. The van der Waals surface area contributed by atoms with E-state index in [-0.39, 0.29) is 18.5 Å². The number of rotatable bonds is 61. The Morgan fingerprint density at radius 1 is 0.378 bits per heavy atom. The number of allylic oxidation sites excluding steroid dienone is 8. The average Bonchev–Trinajstić information content (AvgIpc) is 3.40. The molecule has 0 aromatic carbocycles. The number of unbranched alkanes of at least 4 members (excludes halogenated alkanes) is 42. The van der Waals surface area contributed by atoms with Gasteiger partial charge < -0.3 is 20.3 Å². The van der Waals surface area contributed by atoms with Gasteiger partial charge in [-0.25, -0.2) is 0 Å². The molecule has 2 unspecified atom stereocenters. The number of aliphatic hydroxyl groups excluding tert-OH is 2. The summed E-state index contributed by atoms with van der Waals surface area (Å²) in [5, 5.41) is 23.1. The number of ether oxygens (including phenoxy) is 1. The molecule has 6 nitrogen and oxygen atoms in total. The maximum Gasteiger partial charge on any atom is 0.305 e. The van der Waals surface area contributed by atoms with Gasteiger partial charge in [-0.1, -0.05) is 294 Å². The normalized spacial score (nSPS) is 12.9. The van der Waals surface area contributed by atoms with E-state index in [1.54, 1.807) is 0 Å². The van der Waals surface area contributed by atoms with Crippen molar-refractivity contribution in [2.24, 2.45) is 0 Å². The number of nitrogens with one attached hydrogen (secondary N) is 1. The van der Waals surface area contributed by atoms with Crippen LogP contribution in [0.5, 0.6) is 0 Å². The summed E-state index contributed by atoms with van der Waals surface area (Å²) in [5.41, 5.74) is 0. The third-order valence-electron chi connectivity index (χ3n) is 15.1. The number of aliphatic hydroxyl groups is 2. The number of hydrogen-bond donors (Lipinski definition) is 3. The van der Waals surface area contributed by atoms with E-state index in [0.29, 0.717) is 25.9 Å². The van der Waals surface area contributed by atoms with Crippen molar-refractivity contribution in [2.45, 2.75) is 360 Å². The Morgan fingerprint density at radius 2 is 0.676 bits per heavy atom. The van der Waals surface area contributed by atoms with Gasteiger partial charge in [0, 0.05) is 12.8 Å². The molecule has 0 aliphatic rings. The molecule has 0 rings (SSSR count). The minimum atomic E-state index is -0.662. The van der Waals surface area contributed by atoms with Crippen LogP contribution in [0, 0.1) is 0 Å². The molecule has 0 aliphatic carbocycles. The third kappa shape index (κ3) is 59.1. The highest BCUT2D eigenvalue weighted by molar-refractivity contribution is 5.76. The van der Waals surface area contributed by atoms with Gasteiger partial charge in [0.25, 0.3) is 0 Å². The van der Waals surface area contributed by atoms with Gasteiger partial charge in [0.15, 0.2) is 0 Å². The molecule has 0 bridgehead atoms. The molecule has 6 heteroatoms. The summed E-state index contributed by atoms with van der Waals surface area (Å²) in [6, 6.07) is -0.539. The van der Waals surface area contributed by atoms with Gasteiger partial charge in [-0.15, -0.1) is 0 Å².